The van der Waals surface area contributed by atoms with Crippen molar-refractivity contribution in [1.82, 2.24) is 0 Å². The average Bonchev–Trinajstić information content (AvgIpc) is 1.98. The Morgan fingerprint density at radius 1 is 1.70 bits per heavy atom. The molecule has 0 bridgehead atoms. The van der Waals surface area contributed by atoms with Crippen LogP contribution in [0, 0.1) is 0 Å². The SMILES string of the molecule is C=CCCC(N)C(C)OC. The van der Waals surface area contributed by atoms with Crippen LogP contribution in [0.25, 0.3) is 0 Å². The zero-order valence-corrected chi connectivity index (χ0v) is 6.84. The van der Waals surface area contributed by atoms with Crippen molar-refractivity contribution in [2.45, 2.75) is 31.9 Å². The maximum absolute atomic E-state index is 5.74. The molecule has 0 rings (SSSR count). The van der Waals surface area contributed by atoms with E-state index in [9.17, 15) is 0 Å². The molecule has 2 nitrogen and oxygen atoms in total. The van der Waals surface area contributed by atoms with Gasteiger partial charge in [-0.15, -0.1) is 6.58 Å². The van der Waals surface area contributed by atoms with Gasteiger partial charge in [-0.2, -0.15) is 0 Å². The van der Waals surface area contributed by atoms with Gasteiger partial charge in [0.05, 0.1) is 6.10 Å². The maximum atomic E-state index is 5.74. The van der Waals surface area contributed by atoms with E-state index in [1.165, 1.54) is 0 Å². The number of ether oxygens (including phenoxy) is 1. The lowest BCUT2D eigenvalue weighted by atomic mass is 10.1. The highest BCUT2D eigenvalue weighted by Gasteiger charge is 2.09. The van der Waals surface area contributed by atoms with Crippen molar-refractivity contribution in [3.8, 4) is 0 Å². The summed E-state index contributed by atoms with van der Waals surface area (Å²) in [5.74, 6) is 0. The van der Waals surface area contributed by atoms with Crippen molar-refractivity contribution in [3.63, 3.8) is 0 Å². The highest BCUT2D eigenvalue weighted by molar-refractivity contribution is 4.74. The molecule has 0 fully saturated rings. The Kier molecular flexibility index (Phi) is 5.26. The normalized spacial score (nSPS) is 16.3. The summed E-state index contributed by atoms with van der Waals surface area (Å²) < 4.78 is 5.05. The maximum Gasteiger partial charge on any atom is 0.0694 e. The quantitative estimate of drug-likeness (QED) is 0.589. The first-order valence-corrected chi connectivity index (χ1v) is 3.61. The summed E-state index contributed by atoms with van der Waals surface area (Å²) in [5, 5.41) is 0. The Morgan fingerprint density at radius 2 is 2.30 bits per heavy atom. The first-order chi connectivity index (χ1) is 4.72. The van der Waals surface area contributed by atoms with Gasteiger partial charge in [-0.1, -0.05) is 6.08 Å². The lowest BCUT2D eigenvalue weighted by Gasteiger charge is -2.16. The van der Waals surface area contributed by atoms with E-state index in [1.807, 2.05) is 13.0 Å². The van der Waals surface area contributed by atoms with Gasteiger partial charge >= 0.3 is 0 Å². The summed E-state index contributed by atoms with van der Waals surface area (Å²) in [7, 11) is 1.68. The molecule has 0 radical (unpaired) electrons. The standard InChI is InChI=1S/C8H17NO/c1-4-5-6-8(9)7(2)10-3/h4,7-8H,1,5-6,9H2,2-3H3. The Labute approximate surface area is 63.1 Å². The van der Waals surface area contributed by atoms with E-state index in [0.29, 0.717) is 0 Å². The monoisotopic (exact) mass is 143 g/mol. The van der Waals surface area contributed by atoms with Gasteiger partial charge in [-0.3, -0.25) is 0 Å². The molecule has 0 aliphatic carbocycles. The van der Waals surface area contributed by atoms with Crippen LogP contribution < -0.4 is 5.73 Å². The molecule has 2 unspecified atom stereocenters. The first-order valence-electron chi connectivity index (χ1n) is 3.61. The summed E-state index contributed by atoms with van der Waals surface area (Å²) in [6, 6.07) is 0.142. The fourth-order valence-electron chi connectivity index (χ4n) is 0.720. The molecule has 60 valence electrons. The van der Waals surface area contributed by atoms with Crippen LogP contribution in [0.2, 0.25) is 0 Å². The van der Waals surface area contributed by atoms with Crippen LogP contribution in [0.5, 0.6) is 0 Å². The fraction of sp³-hybridized carbons (Fsp3) is 0.750. The van der Waals surface area contributed by atoms with Gasteiger partial charge in [0.2, 0.25) is 0 Å². The summed E-state index contributed by atoms with van der Waals surface area (Å²) in [4.78, 5) is 0. The molecule has 0 saturated heterocycles. The van der Waals surface area contributed by atoms with Gasteiger partial charge in [-0.25, -0.2) is 0 Å². The molecule has 0 aromatic carbocycles. The number of methoxy groups -OCH3 is 1. The molecule has 0 aromatic heterocycles. The third-order valence-electron chi connectivity index (χ3n) is 1.68. The van der Waals surface area contributed by atoms with Crippen LogP contribution in [0.3, 0.4) is 0 Å². The predicted molar refractivity (Wildman–Crippen MR) is 43.9 cm³/mol. The third-order valence-corrected chi connectivity index (χ3v) is 1.68. The summed E-state index contributed by atoms with van der Waals surface area (Å²) >= 11 is 0. The fourth-order valence-corrected chi connectivity index (χ4v) is 0.720. The summed E-state index contributed by atoms with van der Waals surface area (Å²) in [5.41, 5.74) is 5.74. The van der Waals surface area contributed by atoms with Crippen molar-refractivity contribution in [3.05, 3.63) is 12.7 Å². The molecule has 0 aromatic rings. The molecule has 0 aliphatic heterocycles. The van der Waals surface area contributed by atoms with E-state index in [2.05, 4.69) is 6.58 Å². The van der Waals surface area contributed by atoms with Crippen molar-refractivity contribution in [1.29, 1.82) is 0 Å². The molecule has 0 spiro atoms. The van der Waals surface area contributed by atoms with E-state index in [4.69, 9.17) is 10.5 Å². The number of allylic oxidation sites excluding steroid dienone is 1. The summed E-state index contributed by atoms with van der Waals surface area (Å²) in [6.07, 6.45) is 3.95. The Hall–Kier alpha value is -0.340. The topological polar surface area (TPSA) is 35.2 Å². The molecular weight excluding hydrogens is 126 g/mol. The van der Waals surface area contributed by atoms with Crippen molar-refractivity contribution < 1.29 is 4.74 Å². The Balaban J connectivity index is 3.40. The molecule has 0 aliphatic rings. The Bertz CT molecular complexity index is 93.3. The highest BCUT2D eigenvalue weighted by atomic mass is 16.5. The largest absolute Gasteiger partial charge is 0.380 e. The van der Waals surface area contributed by atoms with Gasteiger partial charge in [-0.05, 0) is 19.8 Å². The molecule has 0 amide bonds. The predicted octanol–water partition coefficient (Wildman–Crippen LogP) is 1.31. The van der Waals surface area contributed by atoms with Gasteiger partial charge in [0.25, 0.3) is 0 Å². The van der Waals surface area contributed by atoms with Crippen LogP contribution in [-0.4, -0.2) is 19.3 Å². The molecule has 0 heterocycles. The van der Waals surface area contributed by atoms with Gasteiger partial charge in [0.1, 0.15) is 0 Å². The molecule has 10 heavy (non-hydrogen) atoms. The minimum absolute atomic E-state index is 0.142. The molecular formula is C8H17NO. The lowest BCUT2D eigenvalue weighted by Crippen LogP contribution is -2.33. The van der Waals surface area contributed by atoms with Crippen LogP contribution >= 0.6 is 0 Å². The second-order valence-electron chi connectivity index (χ2n) is 2.47. The van der Waals surface area contributed by atoms with Crippen molar-refractivity contribution >= 4 is 0 Å². The minimum atomic E-state index is 0.142. The minimum Gasteiger partial charge on any atom is -0.380 e. The van der Waals surface area contributed by atoms with Gasteiger partial charge < -0.3 is 10.5 Å². The van der Waals surface area contributed by atoms with Crippen LogP contribution in [-0.2, 0) is 4.74 Å². The lowest BCUT2D eigenvalue weighted by molar-refractivity contribution is 0.0932. The third kappa shape index (κ3) is 3.64. The van der Waals surface area contributed by atoms with Crippen LogP contribution in [0.4, 0.5) is 0 Å². The molecule has 0 saturated carbocycles. The zero-order valence-electron chi connectivity index (χ0n) is 6.84. The van der Waals surface area contributed by atoms with E-state index in [-0.39, 0.29) is 12.1 Å². The number of hydrogen-bond acceptors (Lipinski definition) is 2. The zero-order chi connectivity index (χ0) is 7.98. The smallest absolute Gasteiger partial charge is 0.0694 e. The summed E-state index contributed by atoms with van der Waals surface area (Å²) in [6.45, 7) is 5.60. The molecule has 2 atom stereocenters. The molecule has 2 heteroatoms. The van der Waals surface area contributed by atoms with Crippen LogP contribution in [0.15, 0.2) is 12.7 Å². The number of nitrogens with two attached hydrogens (primary N) is 1. The second-order valence-corrected chi connectivity index (χ2v) is 2.47. The Morgan fingerprint density at radius 3 is 2.70 bits per heavy atom. The van der Waals surface area contributed by atoms with E-state index < -0.39 is 0 Å². The van der Waals surface area contributed by atoms with Crippen molar-refractivity contribution in [2.24, 2.45) is 5.73 Å². The highest BCUT2D eigenvalue weighted by Crippen LogP contribution is 2.02. The van der Waals surface area contributed by atoms with E-state index >= 15 is 0 Å². The van der Waals surface area contributed by atoms with E-state index in [0.717, 1.165) is 12.8 Å². The van der Waals surface area contributed by atoms with Crippen molar-refractivity contribution in [2.75, 3.05) is 7.11 Å². The first kappa shape index (κ1) is 9.66. The van der Waals surface area contributed by atoms with Gasteiger partial charge in [0.15, 0.2) is 0 Å². The number of hydrogen-bond donors (Lipinski definition) is 1. The molecule has 2 N–H and O–H groups in total. The average molecular weight is 143 g/mol. The number of rotatable bonds is 5. The van der Waals surface area contributed by atoms with Gasteiger partial charge in [0, 0.05) is 13.2 Å². The second kappa shape index (κ2) is 5.45. The van der Waals surface area contributed by atoms with E-state index in [1.54, 1.807) is 7.11 Å². The van der Waals surface area contributed by atoms with Crippen LogP contribution in [0.1, 0.15) is 19.8 Å².